The van der Waals surface area contributed by atoms with Gasteiger partial charge in [-0.2, -0.15) is 0 Å². The highest BCUT2D eigenvalue weighted by Crippen LogP contribution is 2.34. The molecule has 1 fully saturated rings. The van der Waals surface area contributed by atoms with Crippen molar-refractivity contribution in [2.45, 2.75) is 31.8 Å². The summed E-state index contributed by atoms with van der Waals surface area (Å²) in [7, 11) is 0. The zero-order valence-corrected chi connectivity index (χ0v) is 10.1. The molecule has 2 unspecified atom stereocenters. The van der Waals surface area contributed by atoms with Crippen molar-refractivity contribution in [3.63, 3.8) is 0 Å². The summed E-state index contributed by atoms with van der Waals surface area (Å²) >= 11 is 0. The lowest BCUT2D eigenvalue weighted by molar-refractivity contribution is -0.140. The average molecular weight is 253 g/mol. The van der Waals surface area contributed by atoms with Gasteiger partial charge in [-0.1, -0.05) is 0 Å². The number of halogens is 1. The lowest BCUT2D eigenvalue weighted by Gasteiger charge is -2.21. The molecule has 1 aliphatic carbocycles. The van der Waals surface area contributed by atoms with E-state index in [4.69, 9.17) is 5.11 Å². The van der Waals surface area contributed by atoms with Crippen LogP contribution in [0.5, 0.6) is 5.75 Å². The first-order valence-electron chi connectivity index (χ1n) is 5.96. The van der Waals surface area contributed by atoms with Crippen LogP contribution in [0.1, 0.15) is 31.4 Å². The number of carboxylic acids is 1. The van der Waals surface area contributed by atoms with Crippen LogP contribution in [-0.4, -0.2) is 22.2 Å². The summed E-state index contributed by atoms with van der Waals surface area (Å²) < 4.78 is 13.1. The number of rotatable bonds is 5. The van der Waals surface area contributed by atoms with Gasteiger partial charge in [0.25, 0.3) is 0 Å². The van der Waals surface area contributed by atoms with Gasteiger partial charge in [-0.05, 0) is 43.9 Å². The topological polar surface area (TPSA) is 69.6 Å². The standard InChI is InChI=1S/C13H16FNO3/c1-7(10-6-9(14)4-5-11(10)16)15-12(13(17)18)8-2-3-8/h4-8,12,15-16H,2-3H2,1H3,(H,17,18). The number of phenolic OH excluding ortho intramolecular Hbond substituents is 1. The molecule has 4 nitrogen and oxygen atoms in total. The summed E-state index contributed by atoms with van der Waals surface area (Å²) in [4.78, 5) is 11.1. The van der Waals surface area contributed by atoms with E-state index < -0.39 is 23.9 Å². The van der Waals surface area contributed by atoms with Gasteiger partial charge >= 0.3 is 5.97 Å². The van der Waals surface area contributed by atoms with Gasteiger partial charge in [0.05, 0.1) is 0 Å². The predicted octanol–water partition coefficient (Wildman–Crippen LogP) is 2.05. The lowest BCUT2D eigenvalue weighted by atomic mass is 10.0. The SMILES string of the molecule is CC(NC(C(=O)O)C1CC1)c1cc(F)ccc1O. The van der Waals surface area contributed by atoms with Crippen LogP contribution in [0.15, 0.2) is 18.2 Å². The molecule has 18 heavy (non-hydrogen) atoms. The first-order chi connectivity index (χ1) is 8.49. The highest BCUT2D eigenvalue weighted by molar-refractivity contribution is 5.74. The molecule has 0 heterocycles. The minimum atomic E-state index is -0.903. The Balaban J connectivity index is 2.12. The van der Waals surface area contributed by atoms with Gasteiger partial charge in [-0.25, -0.2) is 4.39 Å². The third-order valence-corrected chi connectivity index (χ3v) is 3.25. The third kappa shape index (κ3) is 2.79. The van der Waals surface area contributed by atoms with Crippen LogP contribution in [0.3, 0.4) is 0 Å². The van der Waals surface area contributed by atoms with Gasteiger partial charge in [-0.3, -0.25) is 10.1 Å². The van der Waals surface area contributed by atoms with Crippen molar-refractivity contribution in [1.82, 2.24) is 5.32 Å². The van der Waals surface area contributed by atoms with Crippen molar-refractivity contribution in [3.8, 4) is 5.75 Å². The largest absolute Gasteiger partial charge is 0.508 e. The Labute approximate surface area is 104 Å². The minimum absolute atomic E-state index is 0.0312. The molecule has 0 amide bonds. The van der Waals surface area contributed by atoms with Gasteiger partial charge < -0.3 is 10.2 Å². The van der Waals surface area contributed by atoms with E-state index in [9.17, 15) is 14.3 Å². The maximum atomic E-state index is 13.1. The maximum Gasteiger partial charge on any atom is 0.320 e. The molecule has 1 aromatic carbocycles. The number of hydrogen-bond donors (Lipinski definition) is 3. The van der Waals surface area contributed by atoms with Crippen molar-refractivity contribution in [2.24, 2.45) is 5.92 Å². The van der Waals surface area contributed by atoms with Gasteiger partial charge in [0.1, 0.15) is 17.6 Å². The molecule has 1 aliphatic rings. The first kappa shape index (κ1) is 12.8. The van der Waals surface area contributed by atoms with Crippen molar-refractivity contribution < 1.29 is 19.4 Å². The fraction of sp³-hybridized carbons (Fsp3) is 0.462. The van der Waals surface area contributed by atoms with E-state index in [2.05, 4.69) is 5.32 Å². The summed E-state index contributed by atoms with van der Waals surface area (Å²) in [5, 5.41) is 21.7. The molecule has 0 spiro atoms. The number of carbonyl (C=O) groups is 1. The molecular weight excluding hydrogens is 237 g/mol. The van der Waals surface area contributed by atoms with E-state index in [-0.39, 0.29) is 11.7 Å². The van der Waals surface area contributed by atoms with E-state index in [0.29, 0.717) is 5.56 Å². The molecule has 98 valence electrons. The number of phenols is 1. The third-order valence-electron chi connectivity index (χ3n) is 3.25. The van der Waals surface area contributed by atoms with Crippen molar-refractivity contribution in [2.75, 3.05) is 0 Å². The zero-order valence-electron chi connectivity index (χ0n) is 10.1. The van der Waals surface area contributed by atoms with Crippen molar-refractivity contribution in [3.05, 3.63) is 29.6 Å². The Morgan fingerprint density at radius 2 is 2.17 bits per heavy atom. The molecular formula is C13H16FNO3. The van der Waals surface area contributed by atoms with Crippen LogP contribution in [0.4, 0.5) is 4.39 Å². The molecule has 0 aliphatic heterocycles. The van der Waals surface area contributed by atoms with E-state index in [1.807, 2.05) is 0 Å². The number of nitrogens with one attached hydrogen (secondary N) is 1. The molecule has 1 saturated carbocycles. The molecule has 0 aromatic heterocycles. The lowest BCUT2D eigenvalue weighted by Crippen LogP contribution is -2.40. The highest BCUT2D eigenvalue weighted by atomic mass is 19.1. The normalized spacial score (nSPS) is 18.3. The summed E-state index contributed by atoms with van der Waals surface area (Å²) in [5.74, 6) is -1.24. The molecule has 0 bridgehead atoms. The van der Waals surface area contributed by atoms with Gasteiger partial charge in [0.2, 0.25) is 0 Å². The highest BCUT2D eigenvalue weighted by Gasteiger charge is 2.37. The van der Waals surface area contributed by atoms with E-state index in [1.54, 1.807) is 6.92 Å². The Kier molecular flexibility index (Phi) is 3.52. The molecule has 3 N–H and O–H groups in total. The smallest absolute Gasteiger partial charge is 0.320 e. The summed E-state index contributed by atoms with van der Waals surface area (Å²) in [6.45, 7) is 1.72. The monoisotopic (exact) mass is 253 g/mol. The zero-order chi connectivity index (χ0) is 13.3. The fourth-order valence-corrected chi connectivity index (χ4v) is 2.07. The summed E-state index contributed by atoms with van der Waals surface area (Å²) in [6, 6.07) is 2.61. The maximum absolute atomic E-state index is 13.1. The number of aliphatic carboxylic acids is 1. The summed E-state index contributed by atoms with van der Waals surface area (Å²) in [5.41, 5.74) is 0.377. The first-order valence-corrected chi connectivity index (χ1v) is 5.96. The number of hydrogen-bond acceptors (Lipinski definition) is 3. The Morgan fingerprint density at radius 3 is 2.72 bits per heavy atom. The number of carboxylic acid groups (broad SMARTS) is 1. The van der Waals surface area contributed by atoms with Crippen molar-refractivity contribution in [1.29, 1.82) is 0 Å². The Morgan fingerprint density at radius 1 is 1.50 bits per heavy atom. The van der Waals surface area contributed by atoms with Crippen LogP contribution in [0, 0.1) is 11.7 Å². The van der Waals surface area contributed by atoms with Crippen molar-refractivity contribution >= 4 is 5.97 Å². The van der Waals surface area contributed by atoms with Crippen LogP contribution < -0.4 is 5.32 Å². The second-order valence-electron chi connectivity index (χ2n) is 4.74. The quantitative estimate of drug-likeness (QED) is 0.751. The number of aromatic hydroxyl groups is 1. The van der Waals surface area contributed by atoms with Gasteiger partial charge in [0, 0.05) is 11.6 Å². The second-order valence-corrected chi connectivity index (χ2v) is 4.74. The second kappa shape index (κ2) is 4.94. The predicted molar refractivity (Wildman–Crippen MR) is 63.8 cm³/mol. The molecule has 2 atom stereocenters. The van der Waals surface area contributed by atoms with E-state index >= 15 is 0 Å². The summed E-state index contributed by atoms with van der Waals surface area (Å²) in [6.07, 6.45) is 1.79. The Bertz CT molecular complexity index is 460. The Hall–Kier alpha value is -1.62. The molecule has 2 rings (SSSR count). The average Bonchev–Trinajstić information content (AvgIpc) is 3.12. The molecule has 0 radical (unpaired) electrons. The van der Waals surface area contributed by atoms with Crippen LogP contribution in [0.25, 0.3) is 0 Å². The van der Waals surface area contributed by atoms with Crippen LogP contribution >= 0.6 is 0 Å². The van der Waals surface area contributed by atoms with Gasteiger partial charge in [-0.15, -0.1) is 0 Å². The minimum Gasteiger partial charge on any atom is -0.508 e. The molecule has 5 heteroatoms. The van der Waals surface area contributed by atoms with Gasteiger partial charge in [0.15, 0.2) is 0 Å². The fourth-order valence-electron chi connectivity index (χ4n) is 2.07. The van der Waals surface area contributed by atoms with E-state index in [1.165, 1.54) is 18.2 Å². The van der Waals surface area contributed by atoms with Crippen LogP contribution in [0.2, 0.25) is 0 Å². The molecule has 0 saturated heterocycles. The van der Waals surface area contributed by atoms with E-state index in [0.717, 1.165) is 12.8 Å². The number of benzene rings is 1. The van der Waals surface area contributed by atoms with Crippen LogP contribution in [-0.2, 0) is 4.79 Å². The molecule has 1 aromatic rings.